The maximum absolute atomic E-state index is 11.6. The van der Waals surface area contributed by atoms with Gasteiger partial charge in [-0.1, -0.05) is 17.7 Å². The molecule has 0 bridgehead atoms. The van der Waals surface area contributed by atoms with Gasteiger partial charge < -0.3 is 9.73 Å². The van der Waals surface area contributed by atoms with E-state index in [0.717, 1.165) is 11.4 Å². The summed E-state index contributed by atoms with van der Waals surface area (Å²) >= 11 is 0. The van der Waals surface area contributed by atoms with Crippen molar-refractivity contribution in [1.29, 1.82) is 0 Å². The van der Waals surface area contributed by atoms with Gasteiger partial charge in [0.25, 0.3) is 5.91 Å². The zero-order chi connectivity index (χ0) is 14.4. The quantitative estimate of drug-likeness (QED) is 0.648. The van der Waals surface area contributed by atoms with E-state index in [-0.39, 0.29) is 12.5 Å². The van der Waals surface area contributed by atoms with Crippen LogP contribution in [-0.4, -0.2) is 18.7 Å². The molecule has 0 atom stereocenters. The van der Waals surface area contributed by atoms with E-state index < -0.39 is 0 Å². The van der Waals surface area contributed by atoms with E-state index in [1.54, 1.807) is 6.07 Å². The molecule has 5 nitrogen and oxygen atoms in total. The highest BCUT2D eigenvalue weighted by Crippen LogP contribution is 2.07. The van der Waals surface area contributed by atoms with Gasteiger partial charge in [-0.05, 0) is 38.1 Å². The summed E-state index contributed by atoms with van der Waals surface area (Å²) in [5.41, 5.74) is 4.51. The van der Waals surface area contributed by atoms with Gasteiger partial charge in [0.15, 0.2) is 0 Å². The van der Waals surface area contributed by atoms with Crippen LogP contribution >= 0.6 is 0 Å². The van der Waals surface area contributed by atoms with E-state index in [2.05, 4.69) is 15.8 Å². The number of furan rings is 1. The van der Waals surface area contributed by atoms with Crippen LogP contribution in [0.3, 0.4) is 0 Å². The highest BCUT2D eigenvalue weighted by molar-refractivity contribution is 5.83. The third-order valence-corrected chi connectivity index (χ3v) is 2.65. The summed E-state index contributed by atoms with van der Waals surface area (Å²) < 4.78 is 5.29. The van der Waals surface area contributed by atoms with Crippen LogP contribution in [-0.2, 0) is 4.79 Å². The summed E-state index contributed by atoms with van der Waals surface area (Å²) in [6.45, 7) is 4.03. The first-order valence-electron chi connectivity index (χ1n) is 6.32. The van der Waals surface area contributed by atoms with Crippen molar-refractivity contribution < 1.29 is 9.21 Å². The lowest BCUT2D eigenvalue weighted by Gasteiger charge is -2.05. The van der Waals surface area contributed by atoms with Gasteiger partial charge in [-0.3, -0.25) is 4.79 Å². The van der Waals surface area contributed by atoms with Crippen LogP contribution in [0.25, 0.3) is 0 Å². The van der Waals surface area contributed by atoms with Gasteiger partial charge in [0, 0.05) is 5.69 Å². The number of benzene rings is 1. The summed E-state index contributed by atoms with van der Waals surface area (Å²) in [6.07, 6.45) is 1.47. The Hall–Kier alpha value is -2.56. The maximum Gasteiger partial charge on any atom is 0.259 e. The van der Waals surface area contributed by atoms with Crippen molar-refractivity contribution in [2.75, 3.05) is 11.9 Å². The molecule has 2 N–H and O–H groups in total. The number of carbonyl (C=O) groups is 1. The molecule has 0 fully saturated rings. The van der Waals surface area contributed by atoms with Crippen molar-refractivity contribution >= 4 is 17.8 Å². The van der Waals surface area contributed by atoms with E-state index in [0.29, 0.717) is 5.76 Å². The first kappa shape index (κ1) is 13.9. The summed E-state index contributed by atoms with van der Waals surface area (Å²) in [6, 6.07) is 11.4. The van der Waals surface area contributed by atoms with Crippen LogP contribution in [0.15, 0.2) is 45.9 Å². The maximum atomic E-state index is 11.6. The first-order chi connectivity index (χ1) is 9.63. The minimum Gasteiger partial charge on any atom is -0.460 e. The molecule has 104 valence electrons. The molecule has 0 radical (unpaired) electrons. The fourth-order valence-electron chi connectivity index (χ4n) is 1.58. The van der Waals surface area contributed by atoms with Crippen molar-refractivity contribution in [1.82, 2.24) is 5.43 Å². The molecular formula is C15H17N3O2. The van der Waals surface area contributed by atoms with Crippen molar-refractivity contribution in [3.63, 3.8) is 0 Å². The molecule has 0 spiro atoms. The van der Waals surface area contributed by atoms with Gasteiger partial charge in [-0.25, -0.2) is 5.43 Å². The Morgan fingerprint density at radius 2 is 1.95 bits per heavy atom. The molecule has 2 aromatic rings. The Labute approximate surface area is 117 Å². The number of hydrazone groups is 1. The van der Waals surface area contributed by atoms with Crippen molar-refractivity contribution in [3.05, 3.63) is 53.5 Å². The Balaban J connectivity index is 1.75. The molecule has 1 amide bonds. The van der Waals surface area contributed by atoms with E-state index in [1.807, 2.05) is 44.2 Å². The summed E-state index contributed by atoms with van der Waals surface area (Å²) in [5.74, 6) is 1.19. The molecule has 20 heavy (non-hydrogen) atoms. The van der Waals surface area contributed by atoms with Crippen LogP contribution in [0.1, 0.15) is 17.1 Å². The van der Waals surface area contributed by atoms with E-state index in [1.165, 1.54) is 11.8 Å². The first-order valence-corrected chi connectivity index (χ1v) is 6.32. The minimum atomic E-state index is -0.217. The zero-order valence-corrected chi connectivity index (χ0v) is 11.5. The summed E-state index contributed by atoms with van der Waals surface area (Å²) in [5, 5.41) is 6.84. The SMILES string of the molecule is Cc1ccc(NCC(=O)N/N=C\c2ccc(C)o2)cc1. The molecule has 5 heteroatoms. The van der Waals surface area contributed by atoms with Crippen LogP contribution in [0.2, 0.25) is 0 Å². The molecule has 0 aliphatic carbocycles. The number of nitrogens with one attached hydrogen (secondary N) is 2. The molecule has 0 aliphatic rings. The largest absolute Gasteiger partial charge is 0.460 e. The van der Waals surface area contributed by atoms with Gasteiger partial charge in [-0.2, -0.15) is 5.10 Å². The monoisotopic (exact) mass is 271 g/mol. The molecule has 0 saturated carbocycles. The minimum absolute atomic E-state index is 0.164. The number of nitrogens with zero attached hydrogens (tertiary/aromatic N) is 1. The van der Waals surface area contributed by atoms with Crippen molar-refractivity contribution in [3.8, 4) is 0 Å². The Bertz CT molecular complexity index is 600. The average Bonchev–Trinajstić information content (AvgIpc) is 2.84. The van der Waals surface area contributed by atoms with Gasteiger partial charge in [0.05, 0.1) is 12.8 Å². The standard InChI is InChI=1S/C15H17N3O2/c1-11-3-6-13(7-4-11)16-10-15(19)18-17-9-14-8-5-12(2)20-14/h3-9,16H,10H2,1-2H3,(H,18,19)/b17-9-. The predicted molar refractivity (Wildman–Crippen MR) is 78.9 cm³/mol. The van der Waals surface area contributed by atoms with Crippen LogP contribution < -0.4 is 10.7 Å². The third-order valence-electron chi connectivity index (χ3n) is 2.65. The second-order valence-corrected chi connectivity index (χ2v) is 4.46. The lowest BCUT2D eigenvalue weighted by atomic mass is 10.2. The lowest BCUT2D eigenvalue weighted by molar-refractivity contribution is -0.119. The normalized spacial score (nSPS) is 10.7. The number of rotatable bonds is 5. The second kappa shape index (κ2) is 6.56. The van der Waals surface area contributed by atoms with Gasteiger partial charge >= 0.3 is 0 Å². The molecule has 1 heterocycles. The topological polar surface area (TPSA) is 66.6 Å². The number of amides is 1. The number of hydrogen-bond donors (Lipinski definition) is 2. The number of aryl methyl sites for hydroxylation is 2. The molecule has 1 aromatic carbocycles. The van der Waals surface area contributed by atoms with Gasteiger partial charge in [0.1, 0.15) is 11.5 Å². The van der Waals surface area contributed by atoms with E-state index >= 15 is 0 Å². The van der Waals surface area contributed by atoms with E-state index in [9.17, 15) is 4.79 Å². The Morgan fingerprint density at radius 3 is 2.60 bits per heavy atom. The van der Waals surface area contributed by atoms with Gasteiger partial charge in [0.2, 0.25) is 0 Å². The van der Waals surface area contributed by atoms with Crippen LogP contribution in [0.4, 0.5) is 5.69 Å². The number of anilines is 1. The molecule has 2 rings (SSSR count). The predicted octanol–water partition coefficient (Wildman–Crippen LogP) is 2.46. The second-order valence-electron chi connectivity index (χ2n) is 4.46. The molecule has 0 unspecified atom stereocenters. The van der Waals surface area contributed by atoms with Gasteiger partial charge in [-0.15, -0.1) is 0 Å². The molecule has 0 aliphatic heterocycles. The molecule has 0 saturated heterocycles. The highest BCUT2D eigenvalue weighted by atomic mass is 16.3. The number of hydrogen-bond acceptors (Lipinski definition) is 4. The fraction of sp³-hybridized carbons (Fsp3) is 0.200. The highest BCUT2D eigenvalue weighted by Gasteiger charge is 1.99. The zero-order valence-electron chi connectivity index (χ0n) is 11.5. The van der Waals surface area contributed by atoms with Crippen molar-refractivity contribution in [2.24, 2.45) is 5.10 Å². The molecular weight excluding hydrogens is 254 g/mol. The number of carbonyl (C=O) groups excluding carboxylic acids is 1. The van der Waals surface area contributed by atoms with Crippen LogP contribution in [0, 0.1) is 13.8 Å². The molecule has 1 aromatic heterocycles. The van der Waals surface area contributed by atoms with Crippen molar-refractivity contribution in [2.45, 2.75) is 13.8 Å². The average molecular weight is 271 g/mol. The Kier molecular flexibility index (Phi) is 4.55. The smallest absolute Gasteiger partial charge is 0.259 e. The Morgan fingerprint density at radius 1 is 1.20 bits per heavy atom. The summed E-state index contributed by atoms with van der Waals surface area (Å²) in [7, 11) is 0. The van der Waals surface area contributed by atoms with E-state index in [4.69, 9.17) is 4.42 Å². The summed E-state index contributed by atoms with van der Waals surface area (Å²) in [4.78, 5) is 11.6. The lowest BCUT2D eigenvalue weighted by Crippen LogP contribution is -2.25. The van der Waals surface area contributed by atoms with Crippen LogP contribution in [0.5, 0.6) is 0 Å². The fourth-order valence-corrected chi connectivity index (χ4v) is 1.58. The third kappa shape index (κ3) is 4.28.